The van der Waals surface area contributed by atoms with Crippen molar-refractivity contribution in [1.29, 1.82) is 0 Å². The molecule has 3 aromatic rings. The van der Waals surface area contributed by atoms with Gasteiger partial charge in [-0.2, -0.15) is 0 Å². The Morgan fingerprint density at radius 1 is 1.08 bits per heavy atom. The zero-order chi connectivity index (χ0) is 18.5. The molecular formula is C21H23N3OS. The van der Waals surface area contributed by atoms with Gasteiger partial charge in [0.15, 0.2) is 0 Å². The molecule has 0 bridgehead atoms. The highest BCUT2D eigenvalue weighted by Crippen LogP contribution is 2.23. The summed E-state index contributed by atoms with van der Waals surface area (Å²) in [6.07, 6.45) is 0.846. The largest absolute Gasteiger partial charge is 0.379 e. The third kappa shape index (κ3) is 4.29. The Kier molecular flexibility index (Phi) is 5.68. The summed E-state index contributed by atoms with van der Waals surface area (Å²) in [4.78, 5) is 17.6. The maximum absolute atomic E-state index is 12.5. The van der Waals surface area contributed by atoms with E-state index < -0.39 is 0 Å². The van der Waals surface area contributed by atoms with Crippen LogP contribution in [0.3, 0.4) is 0 Å². The Balaban J connectivity index is 1.64. The predicted molar refractivity (Wildman–Crippen MR) is 109 cm³/mol. The highest BCUT2D eigenvalue weighted by molar-refractivity contribution is 7.13. The molecule has 0 radical (unpaired) electrons. The van der Waals surface area contributed by atoms with Gasteiger partial charge in [0.25, 0.3) is 5.91 Å². The fourth-order valence-electron chi connectivity index (χ4n) is 2.73. The van der Waals surface area contributed by atoms with Crippen molar-refractivity contribution in [2.45, 2.75) is 33.2 Å². The van der Waals surface area contributed by atoms with Crippen molar-refractivity contribution in [3.05, 3.63) is 75.7 Å². The molecule has 1 amide bonds. The number of hydrogen-bond acceptors (Lipinski definition) is 4. The molecule has 1 atom stereocenters. The molecule has 0 spiro atoms. The maximum atomic E-state index is 12.5. The molecule has 4 nitrogen and oxygen atoms in total. The van der Waals surface area contributed by atoms with Crippen LogP contribution in [0.4, 0.5) is 11.4 Å². The summed E-state index contributed by atoms with van der Waals surface area (Å²) in [7, 11) is 0. The zero-order valence-corrected chi connectivity index (χ0v) is 16.1. The smallest absolute Gasteiger partial charge is 0.267 e. The average Bonchev–Trinajstić information content (AvgIpc) is 3.05. The summed E-state index contributed by atoms with van der Waals surface area (Å²) in [6.45, 7) is 6.05. The van der Waals surface area contributed by atoms with Crippen LogP contribution in [0, 0.1) is 6.92 Å². The van der Waals surface area contributed by atoms with Gasteiger partial charge < -0.3 is 10.6 Å². The van der Waals surface area contributed by atoms with E-state index in [1.165, 1.54) is 16.9 Å². The van der Waals surface area contributed by atoms with Crippen LogP contribution in [0.2, 0.25) is 0 Å². The lowest BCUT2D eigenvalue weighted by Crippen LogP contribution is -2.11. The molecule has 5 heteroatoms. The maximum Gasteiger partial charge on any atom is 0.267 e. The van der Waals surface area contributed by atoms with Crippen LogP contribution in [0.15, 0.2) is 54.6 Å². The second-order valence-corrected chi connectivity index (χ2v) is 7.27. The van der Waals surface area contributed by atoms with Gasteiger partial charge in [0.05, 0.1) is 10.7 Å². The van der Waals surface area contributed by atoms with Crippen LogP contribution in [-0.2, 0) is 6.42 Å². The lowest BCUT2D eigenvalue weighted by atomic mass is 10.1. The number of amides is 1. The lowest BCUT2D eigenvalue weighted by Gasteiger charge is -2.16. The molecular weight excluding hydrogens is 342 g/mol. The molecule has 26 heavy (non-hydrogen) atoms. The van der Waals surface area contributed by atoms with E-state index in [2.05, 4.69) is 34.7 Å². The van der Waals surface area contributed by atoms with Gasteiger partial charge in [-0.1, -0.05) is 37.3 Å². The average molecular weight is 366 g/mol. The molecule has 0 fully saturated rings. The highest BCUT2D eigenvalue weighted by atomic mass is 32.1. The van der Waals surface area contributed by atoms with Gasteiger partial charge in [-0.3, -0.25) is 4.79 Å². The Hall–Kier alpha value is -2.66. The number of aryl methyl sites for hydroxylation is 2. The number of anilines is 2. The SMILES string of the molecule is CCc1nc(C)c(C(=O)Nc2ccc(NC(C)c3ccccc3)cc2)s1. The van der Waals surface area contributed by atoms with Gasteiger partial charge >= 0.3 is 0 Å². The summed E-state index contributed by atoms with van der Waals surface area (Å²) in [5.41, 5.74) is 3.82. The van der Waals surface area contributed by atoms with Crippen molar-refractivity contribution in [3.8, 4) is 0 Å². The molecule has 0 saturated carbocycles. The van der Waals surface area contributed by atoms with Crippen molar-refractivity contribution in [3.63, 3.8) is 0 Å². The van der Waals surface area contributed by atoms with Crippen molar-refractivity contribution >= 4 is 28.6 Å². The molecule has 0 aliphatic rings. The minimum atomic E-state index is -0.0990. The minimum Gasteiger partial charge on any atom is -0.379 e. The second kappa shape index (κ2) is 8.15. The number of benzene rings is 2. The standard InChI is InChI=1S/C21H23N3OS/c1-4-19-23-15(3)20(26-19)21(25)24-18-12-10-17(11-13-18)22-14(2)16-8-6-5-7-9-16/h5-14,22H,4H2,1-3H3,(H,24,25). The molecule has 0 aliphatic carbocycles. The number of carbonyl (C=O) groups is 1. The van der Waals surface area contributed by atoms with Crippen molar-refractivity contribution in [1.82, 2.24) is 4.98 Å². The van der Waals surface area contributed by atoms with E-state index in [1.807, 2.05) is 56.3 Å². The van der Waals surface area contributed by atoms with E-state index in [9.17, 15) is 4.79 Å². The van der Waals surface area contributed by atoms with E-state index in [0.29, 0.717) is 4.88 Å². The monoisotopic (exact) mass is 365 g/mol. The number of nitrogens with zero attached hydrogens (tertiary/aromatic N) is 1. The summed E-state index contributed by atoms with van der Waals surface area (Å²) in [6, 6.07) is 18.3. The van der Waals surface area contributed by atoms with E-state index in [1.54, 1.807) is 0 Å². The third-order valence-corrected chi connectivity index (χ3v) is 5.48. The summed E-state index contributed by atoms with van der Waals surface area (Å²) in [5.74, 6) is -0.0990. The normalized spacial score (nSPS) is 11.8. The molecule has 1 heterocycles. The molecule has 0 saturated heterocycles. The Morgan fingerprint density at radius 2 is 1.73 bits per heavy atom. The molecule has 0 aliphatic heterocycles. The Bertz CT molecular complexity index is 872. The van der Waals surface area contributed by atoms with Crippen LogP contribution in [0.5, 0.6) is 0 Å². The highest BCUT2D eigenvalue weighted by Gasteiger charge is 2.14. The van der Waals surface area contributed by atoms with Crippen molar-refractivity contribution < 1.29 is 4.79 Å². The molecule has 134 valence electrons. The zero-order valence-electron chi connectivity index (χ0n) is 15.2. The van der Waals surface area contributed by atoms with Crippen LogP contribution >= 0.6 is 11.3 Å². The van der Waals surface area contributed by atoms with Crippen LogP contribution in [0.25, 0.3) is 0 Å². The van der Waals surface area contributed by atoms with Gasteiger partial charge in [0.2, 0.25) is 0 Å². The first-order valence-corrected chi connectivity index (χ1v) is 9.57. The molecule has 1 aromatic heterocycles. The fraction of sp³-hybridized carbons (Fsp3) is 0.238. The van der Waals surface area contributed by atoms with Gasteiger partial charge in [0.1, 0.15) is 4.88 Å². The number of aromatic nitrogens is 1. The Labute approximate surface area is 158 Å². The van der Waals surface area contributed by atoms with Gasteiger partial charge in [0, 0.05) is 17.4 Å². The fourth-order valence-corrected chi connectivity index (χ4v) is 3.63. The summed E-state index contributed by atoms with van der Waals surface area (Å²) < 4.78 is 0. The number of nitrogens with one attached hydrogen (secondary N) is 2. The van der Waals surface area contributed by atoms with Crippen molar-refractivity contribution in [2.24, 2.45) is 0 Å². The topological polar surface area (TPSA) is 54.0 Å². The van der Waals surface area contributed by atoms with Gasteiger partial charge in [-0.25, -0.2) is 4.98 Å². The summed E-state index contributed by atoms with van der Waals surface area (Å²) >= 11 is 1.46. The third-order valence-electron chi connectivity index (χ3n) is 4.18. The molecule has 2 aromatic carbocycles. The first-order valence-electron chi connectivity index (χ1n) is 8.76. The molecule has 3 rings (SSSR count). The van der Waals surface area contributed by atoms with Crippen molar-refractivity contribution in [2.75, 3.05) is 10.6 Å². The Morgan fingerprint density at radius 3 is 2.35 bits per heavy atom. The van der Waals surface area contributed by atoms with E-state index in [4.69, 9.17) is 0 Å². The van der Waals surface area contributed by atoms with Crippen LogP contribution in [0.1, 0.15) is 45.8 Å². The number of hydrogen-bond donors (Lipinski definition) is 2. The first-order chi connectivity index (χ1) is 12.6. The van der Waals surface area contributed by atoms with Crippen LogP contribution in [-0.4, -0.2) is 10.9 Å². The molecule has 1 unspecified atom stereocenters. The minimum absolute atomic E-state index is 0.0990. The van der Waals surface area contributed by atoms with Crippen LogP contribution < -0.4 is 10.6 Å². The quantitative estimate of drug-likeness (QED) is 0.611. The lowest BCUT2D eigenvalue weighted by molar-refractivity contribution is 0.103. The predicted octanol–water partition coefficient (Wildman–Crippen LogP) is 5.44. The first kappa shape index (κ1) is 18.1. The van der Waals surface area contributed by atoms with E-state index >= 15 is 0 Å². The number of rotatable bonds is 6. The van der Waals surface area contributed by atoms with Gasteiger partial charge in [-0.15, -0.1) is 11.3 Å². The van der Waals surface area contributed by atoms with E-state index in [-0.39, 0.29) is 11.9 Å². The number of carbonyl (C=O) groups excluding carboxylic acids is 1. The second-order valence-electron chi connectivity index (χ2n) is 6.18. The number of thiazole rings is 1. The molecule has 2 N–H and O–H groups in total. The van der Waals surface area contributed by atoms with E-state index in [0.717, 1.165) is 28.5 Å². The summed E-state index contributed by atoms with van der Waals surface area (Å²) in [5, 5.41) is 7.41. The van der Waals surface area contributed by atoms with Gasteiger partial charge in [-0.05, 0) is 50.1 Å².